The Bertz CT molecular complexity index is 481. The minimum absolute atomic E-state index is 0.0131. The molecule has 2 aliphatic heterocycles. The van der Waals surface area contributed by atoms with E-state index in [1.807, 2.05) is 6.26 Å². The molecule has 4 heteroatoms. The quantitative estimate of drug-likeness (QED) is 0.659. The Kier molecular flexibility index (Phi) is 4.58. The number of nitrogens with two attached hydrogens (primary N) is 1. The van der Waals surface area contributed by atoms with Crippen LogP contribution in [0.2, 0.25) is 0 Å². The molecule has 3 N–H and O–H groups in total. The standard InChI is InChI=1S/C17H24N2O2/c18-19-16(14-5-4-10-21-13-14)17(8-11-20-12-9-17)15-6-2-1-3-7-15/h1-3,6-7,13,16,19H,4-5,8-12,18H2. The van der Waals surface area contributed by atoms with Crippen molar-refractivity contribution in [3.8, 4) is 0 Å². The Hall–Kier alpha value is -1.36. The highest BCUT2D eigenvalue weighted by molar-refractivity contribution is 5.33. The molecule has 0 saturated carbocycles. The van der Waals surface area contributed by atoms with Crippen molar-refractivity contribution in [2.24, 2.45) is 5.84 Å². The van der Waals surface area contributed by atoms with E-state index < -0.39 is 0 Å². The molecule has 21 heavy (non-hydrogen) atoms. The first-order chi connectivity index (χ1) is 10.4. The van der Waals surface area contributed by atoms with Gasteiger partial charge in [0.2, 0.25) is 0 Å². The first-order valence-electron chi connectivity index (χ1n) is 7.77. The third-order valence-electron chi connectivity index (χ3n) is 4.79. The largest absolute Gasteiger partial charge is 0.501 e. The van der Waals surface area contributed by atoms with Crippen LogP contribution in [0.4, 0.5) is 0 Å². The molecule has 4 nitrogen and oxygen atoms in total. The number of nitrogens with one attached hydrogen (secondary N) is 1. The number of hydrogen-bond acceptors (Lipinski definition) is 4. The van der Waals surface area contributed by atoms with E-state index in [1.54, 1.807) is 0 Å². The van der Waals surface area contributed by atoms with Crippen molar-refractivity contribution < 1.29 is 9.47 Å². The minimum atomic E-state index is -0.0131. The van der Waals surface area contributed by atoms with E-state index >= 15 is 0 Å². The molecule has 0 spiro atoms. The van der Waals surface area contributed by atoms with Crippen LogP contribution in [0.3, 0.4) is 0 Å². The van der Waals surface area contributed by atoms with Gasteiger partial charge in [0.1, 0.15) is 0 Å². The molecular formula is C17H24N2O2. The zero-order chi connectivity index (χ0) is 14.5. The van der Waals surface area contributed by atoms with E-state index in [2.05, 4.69) is 35.8 Å². The van der Waals surface area contributed by atoms with Gasteiger partial charge in [0.15, 0.2) is 0 Å². The molecule has 1 atom stereocenters. The summed E-state index contributed by atoms with van der Waals surface area (Å²) < 4.78 is 11.2. The van der Waals surface area contributed by atoms with Crippen molar-refractivity contribution >= 4 is 0 Å². The second kappa shape index (κ2) is 6.60. The van der Waals surface area contributed by atoms with Crippen LogP contribution in [0.15, 0.2) is 42.2 Å². The molecule has 0 radical (unpaired) electrons. The summed E-state index contributed by atoms with van der Waals surface area (Å²) in [6.07, 6.45) is 5.97. The van der Waals surface area contributed by atoms with Gasteiger partial charge < -0.3 is 9.47 Å². The third kappa shape index (κ3) is 2.84. The molecule has 1 aromatic rings. The monoisotopic (exact) mass is 288 g/mol. The Morgan fingerprint density at radius 2 is 1.86 bits per heavy atom. The Balaban J connectivity index is 1.99. The first-order valence-corrected chi connectivity index (χ1v) is 7.77. The zero-order valence-corrected chi connectivity index (χ0v) is 12.4. The van der Waals surface area contributed by atoms with Crippen molar-refractivity contribution in [3.63, 3.8) is 0 Å². The fourth-order valence-corrected chi connectivity index (χ4v) is 3.67. The van der Waals surface area contributed by atoms with Crippen LogP contribution in [0.1, 0.15) is 31.2 Å². The molecule has 114 valence electrons. The SMILES string of the molecule is NNC(C1=COCCC1)C1(c2ccccc2)CCOCC1. The van der Waals surface area contributed by atoms with Crippen LogP contribution in [0.5, 0.6) is 0 Å². The molecule has 0 amide bonds. The maximum absolute atomic E-state index is 5.97. The van der Waals surface area contributed by atoms with Crippen molar-refractivity contribution in [1.82, 2.24) is 5.43 Å². The topological polar surface area (TPSA) is 56.5 Å². The van der Waals surface area contributed by atoms with Gasteiger partial charge in [0.05, 0.1) is 18.9 Å². The highest BCUT2D eigenvalue weighted by atomic mass is 16.5. The molecule has 0 aromatic heterocycles. The van der Waals surface area contributed by atoms with E-state index in [0.29, 0.717) is 0 Å². The molecule has 2 heterocycles. The Morgan fingerprint density at radius 3 is 2.48 bits per heavy atom. The van der Waals surface area contributed by atoms with Gasteiger partial charge in [0.25, 0.3) is 0 Å². The van der Waals surface area contributed by atoms with E-state index in [1.165, 1.54) is 11.1 Å². The normalized spacial score (nSPS) is 23.0. The van der Waals surface area contributed by atoms with Gasteiger partial charge >= 0.3 is 0 Å². The molecule has 2 aliphatic rings. The maximum Gasteiger partial charge on any atom is 0.0876 e. The summed E-state index contributed by atoms with van der Waals surface area (Å²) in [6, 6.07) is 10.8. The predicted molar refractivity (Wildman–Crippen MR) is 82.6 cm³/mol. The number of hydrogen-bond donors (Lipinski definition) is 2. The summed E-state index contributed by atoms with van der Waals surface area (Å²) >= 11 is 0. The average molecular weight is 288 g/mol. The van der Waals surface area contributed by atoms with Crippen LogP contribution in [-0.4, -0.2) is 25.9 Å². The van der Waals surface area contributed by atoms with E-state index in [0.717, 1.165) is 45.5 Å². The average Bonchev–Trinajstić information content (AvgIpc) is 2.58. The molecule has 1 saturated heterocycles. The van der Waals surface area contributed by atoms with Crippen molar-refractivity contribution in [3.05, 3.63) is 47.7 Å². The summed E-state index contributed by atoms with van der Waals surface area (Å²) in [5.41, 5.74) is 5.67. The lowest BCUT2D eigenvalue weighted by molar-refractivity contribution is 0.0376. The molecule has 0 bridgehead atoms. The Labute approximate surface area is 126 Å². The molecule has 3 rings (SSSR count). The molecule has 1 fully saturated rings. The number of rotatable bonds is 4. The van der Waals surface area contributed by atoms with Gasteiger partial charge in [-0.3, -0.25) is 11.3 Å². The van der Waals surface area contributed by atoms with Crippen molar-refractivity contribution in [2.45, 2.75) is 37.1 Å². The van der Waals surface area contributed by atoms with Crippen LogP contribution < -0.4 is 11.3 Å². The molecule has 1 aromatic carbocycles. The second-order valence-corrected chi connectivity index (χ2v) is 5.90. The van der Waals surface area contributed by atoms with Crippen LogP contribution in [-0.2, 0) is 14.9 Å². The van der Waals surface area contributed by atoms with E-state index in [4.69, 9.17) is 15.3 Å². The molecule has 1 unspecified atom stereocenters. The van der Waals surface area contributed by atoms with Gasteiger partial charge in [-0.15, -0.1) is 0 Å². The smallest absolute Gasteiger partial charge is 0.0876 e. The van der Waals surface area contributed by atoms with Crippen LogP contribution >= 0.6 is 0 Å². The fourth-order valence-electron chi connectivity index (χ4n) is 3.67. The van der Waals surface area contributed by atoms with Gasteiger partial charge in [0, 0.05) is 18.6 Å². The van der Waals surface area contributed by atoms with E-state index in [-0.39, 0.29) is 11.5 Å². The lowest BCUT2D eigenvalue weighted by Crippen LogP contribution is -2.55. The summed E-state index contributed by atoms with van der Waals surface area (Å²) in [6.45, 7) is 2.37. The Morgan fingerprint density at radius 1 is 1.10 bits per heavy atom. The highest BCUT2D eigenvalue weighted by Crippen LogP contribution is 2.41. The van der Waals surface area contributed by atoms with E-state index in [9.17, 15) is 0 Å². The predicted octanol–water partition coefficient (Wildman–Crippen LogP) is 2.26. The van der Waals surface area contributed by atoms with Gasteiger partial charge in [-0.05, 0) is 36.8 Å². The van der Waals surface area contributed by atoms with Crippen LogP contribution in [0.25, 0.3) is 0 Å². The minimum Gasteiger partial charge on any atom is -0.501 e. The van der Waals surface area contributed by atoms with Gasteiger partial charge in [-0.2, -0.15) is 0 Å². The van der Waals surface area contributed by atoms with Crippen LogP contribution in [0, 0.1) is 0 Å². The lowest BCUT2D eigenvalue weighted by Gasteiger charge is -2.45. The summed E-state index contributed by atoms with van der Waals surface area (Å²) in [5, 5.41) is 0. The second-order valence-electron chi connectivity index (χ2n) is 5.90. The number of hydrazine groups is 1. The number of ether oxygens (including phenoxy) is 2. The van der Waals surface area contributed by atoms with Gasteiger partial charge in [-0.1, -0.05) is 30.3 Å². The summed E-state index contributed by atoms with van der Waals surface area (Å²) in [4.78, 5) is 0. The first kappa shape index (κ1) is 14.6. The number of benzene rings is 1. The zero-order valence-electron chi connectivity index (χ0n) is 12.4. The molecular weight excluding hydrogens is 264 g/mol. The summed E-state index contributed by atoms with van der Waals surface area (Å²) in [7, 11) is 0. The molecule has 0 aliphatic carbocycles. The maximum atomic E-state index is 5.97. The fraction of sp³-hybridized carbons (Fsp3) is 0.529. The van der Waals surface area contributed by atoms with Crippen molar-refractivity contribution in [1.29, 1.82) is 0 Å². The summed E-state index contributed by atoms with van der Waals surface area (Å²) in [5.74, 6) is 5.97. The third-order valence-corrected chi connectivity index (χ3v) is 4.79. The highest BCUT2D eigenvalue weighted by Gasteiger charge is 2.43. The lowest BCUT2D eigenvalue weighted by atomic mass is 9.66. The van der Waals surface area contributed by atoms with Crippen molar-refractivity contribution in [2.75, 3.05) is 19.8 Å². The van der Waals surface area contributed by atoms with Gasteiger partial charge in [-0.25, -0.2) is 0 Å².